The maximum atomic E-state index is 12.2. The molecular formula is C27H20Cl2N4O3. The summed E-state index contributed by atoms with van der Waals surface area (Å²) in [6.45, 7) is 4.12. The van der Waals surface area contributed by atoms with E-state index >= 15 is 0 Å². The number of H-pyrrole nitrogens is 1. The summed E-state index contributed by atoms with van der Waals surface area (Å²) in [5.41, 5.74) is 2.26. The van der Waals surface area contributed by atoms with Crippen LogP contribution in [0, 0.1) is 18.3 Å². The van der Waals surface area contributed by atoms with Crippen molar-refractivity contribution < 1.29 is 4.74 Å². The number of benzene rings is 3. The molecule has 0 radical (unpaired) electrons. The summed E-state index contributed by atoms with van der Waals surface area (Å²) >= 11 is 12.9. The van der Waals surface area contributed by atoms with Gasteiger partial charge in [0.25, 0.3) is 5.56 Å². The van der Waals surface area contributed by atoms with Crippen molar-refractivity contribution in [1.29, 1.82) is 5.26 Å². The van der Waals surface area contributed by atoms with E-state index in [0.717, 1.165) is 33.4 Å². The molecule has 4 aromatic rings. The third kappa shape index (κ3) is 5.10. The summed E-state index contributed by atoms with van der Waals surface area (Å²) in [6.07, 6.45) is 3.03. The van der Waals surface area contributed by atoms with Gasteiger partial charge in [0.05, 0.1) is 15.7 Å². The van der Waals surface area contributed by atoms with E-state index in [2.05, 4.69) is 30.2 Å². The lowest BCUT2D eigenvalue weighted by Crippen LogP contribution is -2.33. The second kappa shape index (κ2) is 10.6. The average Bonchev–Trinajstić information content (AvgIpc) is 2.86. The van der Waals surface area contributed by atoms with Crippen molar-refractivity contribution in [3.63, 3.8) is 0 Å². The van der Waals surface area contributed by atoms with Gasteiger partial charge < -0.3 is 4.74 Å². The van der Waals surface area contributed by atoms with Crippen molar-refractivity contribution in [2.24, 2.45) is 0 Å². The molecule has 0 bridgehead atoms. The molecule has 180 valence electrons. The lowest BCUT2D eigenvalue weighted by molar-refractivity contribution is 0.482. The number of nitrogens with zero attached hydrogens (tertiary/aromatic N) is 3. The van der Waals surface area contributed by atoms with Crippen LogP contribution in [0.4, 0.5) is 0 Å². The van der Waals surface area contributed by atoms with Crippen molar-refractivity contribution in [1.82, 2.24) is 14.8 Å². The largest absolute Gasteiger partial charge is 0.454 e. The molecule has 0 saturated heterocycles. The molecule has 0 fully saturated rings. The summed E-state index contributed by atoms with van der Waals surface area (Å²) in [6, 6.07) is 20.3. The number of rotatable bonds is 6. The average molecular weight is 519 g/mol. The van der Waals surface area contributed by atoms with E-state index in [4.69, 9.17) is 33.2 Å². The SMILES string of the molecule is CC/C=C(/c1ccccc1)c1cc(Oc2c(Cl)cc(-n3nc(C#N)c(=O)[nH]c3=O)cc2Cl)ccc1C. The molecule has 36 heavy (non-hydrogen) atoms. The van der Waals surface area contributed by atoms with Gasteiger partial charge in [-0.3, -0.25) is 9.78 Å². The minimum atomic E-state index is -0.877. The Morgan fingerprint density at radius 1 is 1.11 bits per heavy atom. The quantitative estimate of drug-likeness (QED) is 0.335. The highest BCUT2D eigenvalue weighted by Gasteiger charge is 2.16. The zero-order valence-electron chi connectivity index (χ0n) is 19.4. The summed E-state index contributed by atoms with van der Waals surface area (Å²) < 4.78 is 6.92. The third-order valence-corrected chi connectivity index (χ3v) is 5.94. The highest BCUT2D eigenvalue weighted by molar-refractivity contribution is 6.37. The van der Waals surface area contributed by atoms with Crippen molar-refractivity contribution in [3.8, 4) is 23.3 Å². The van der Waals surface area contributed by atoms with Crippen LogP contribution in [0.5, 0.6) is 11.5 Å². The second-order valence-electron chi connectivity index (χ2n) is 7.84. The number of aromatic amines is 1. The van der Waals surface area contributed by atoms with Gasteiger partial charge in [0, 0.05) is 0 Å². The van der Waals surface area contributed by atoms with Gasteiger partial charge >= 0.3 is 5.69 Å². The fraction of sp³-hybridized carbons (Fsp3) is 0.111. The van der Waals surface area contributed by atoms with E-state index in [0.29, 0.717) is 5.75 Å². The number of halogens is 2. The molecule has 0 atom stereocenters. The number of aromatic nitrogens is 3. The molecule has 0 aliphatic rings. The van der Waals surface area contributed by atoms with Crippen LogP contribution in [-0.4, -0.2) is 14.8 Å². The summed E-state index contributed by atoms with van der Waals surface area (Å²) in [7, 11) is 0. The van der Waals surface area contributed by atoms with Gasteiger partial charge in [-0.2, -0.15) is 9.94 Å². The topological polar surface area (TPSA) is 101 Å². The first-order valence-electron chi connectivity index (χ1n) is 11.0. The van der Waals surface area contributed by atoms with Crippen LogP contribution in [0.1, 0.15) is 35.7 Å². The Balaban J connectivity index is 1.73. The molecule has 7 nitrogen and oxygen atoms in total. The van der Waals surface area contributed by atoms with Crippen LogP contribution in [0.15, 0.2) is 76.3 Å². The fourth-order valence-electron chi connectivity index (χ4n) is 3.69. The molecule has 0 spiro atoms. The molecule has 0 unspecified atom stereocenters. The van der Waals surface area contributed by atoms with Gasteiger partial charge in [-0.25, -0.2) is 4.79 Å². The molecule has 0 saturated carbocycles. The Morgan fingerprint density at radius 3 is 2.44 bits per heavy atom. The molecule has 9 heteroatoms. The molecule has 1 N–H and O–H groups in total. The number of nitrogens with one attached hydrogen (secondary N) is 1. The van der Waals surface area contributed by atoms with Crippen LogP contribution in [-0.2, 0) is 0 Å². The van der Waals surface area contributed by atoms with Crippen molar-refractivity contribution in [2.75, 3.05) is 0 Å². The Bertz CT molecular complexity index is 1610. The van der Waals surface area contributed by atoms with E-state index in [1.54, 1.807) is 6.07 Å². The Labute approximate surface area is 216 Å². The monoisotopic (exact) mass is 518 g/mol. The first-order valence-corrected chi connectivity index (χ1v) is 11.8. The number of aryl methyl sites for hydroxylation is 1. The maximum absolute atomic E-state index is 12.2. The minimum absolute atomic E-state index is 0.116. The highest BCUT2D eigenvalue weighted by atomic mass is 35.5. The van der Waals surface area contributed by atoms with E-state index in [1.165, 1.54) is 12.1 Å². The van der Waals surface area contributed by atoms with Crippen LogP contribution in [0.3, 0.4) is 0 Å². The fourth-order valence-corrected chi connectivity index (χ4v) is 4.24. The summed E-state index contributed by atoms with van der Waals surface area (Å²) in [5.74, 6) is 0.715. The van der Waals surface area contributed by atoms with Gasteiger partial charge in [-0.1, -0.05) is 72.6 Å². The smallest absolute Gasteiger partial charge is 0.349 e. The highest BCUT2D eigenvalue weighted by Crippen LogP contribution is 2.39. The zero-order chi connectivity index (χ0) is 25.8. The molecule has 0 aliphatic heterocycles. The normalized spacial score (nSPS) is 11.2. The molecule has 1 aromatic heterocycles. The van der Waals surface area contributed by atoms with Gasteiger partial charge in [-0.05, 0) is 59.9 Å². The summed E-state index contributed by atoms with van der Waals surface area (Å²) in [5, 5.41) is 13.1. The Morgan fingerprint density at radius 2 is 1.81 bits per heavy atom. The maximum Gasteiger partial charge on any atom is 0.349 e. The zero-order valence-corrected chi connectivity index (χ0v) is 20.9. The number of ether oxygens (including phenoxy) is 1. The Kier molecular flexibility index (Phi) is 7.39. The Hall–Kier alpha value is -4.12. The lowest BCUT2D eigenvalue weighted by atomic mass is 9.93. The predicted octanol–water partition coefficient (Wildman–Crippen LogP) is 6.04. The van der Waals surface area contributed by atoms with E-state index in [1.807, 2.05) is 48.3 Å². The second-order valence-corrected chi connectivity index (χ2v) is 8.66. The molecule has 0 amide bonds. The van der Waals surface area contributed by atoms with Crippen LogP contribution >= 0.6 is 23.2 Å². The first kappa shape index (κ1) is 25.0. The molecule has 4 rings (SSSR count). The number of hydrogen-bond donors (Lipinski definition) is 1. The first-order chi connectivity index (χ1) is 17.3. The third-order valence-electron chi connectivity index (χ3n) is 5.37. The van der Waals surface area contributed by atoms with E-state index < -0.39 is 16.9 Å². The van der Waals surface area contributed by atoms with Crippen LogP contribution in [0.2, 0.25) is 10.0 Å². The number of hydrogen-bond acceptors (Lipinski definition) is 5. The lowest BCUT2D eigenvalue weighted by Gasteiger charge is -2.16. The van der Waals surface area contributed by atoms with Gasteiger partial charge in [0.2, 0.25) is 5.69 Å². The molecule has 1 heterocycles. The molecule has 0 aliphatic carbocycles. The van der Waals surface area contributed by atoms with Crippen LogP contribution < -0.4 is 16.0 Å². The van der Waals surface area contributed by atoms with Crippen LogP contribution in [0.25, 0.3) is 11.3 Å². The van der Waals surface area contributed by atoms with E-state index in [9.17, 15) is 9.59 Å². The minimum Gasteiger partial charge on any atom is -0.454 e. The molecular weight excluding hydrogens is 499 g/mol. The number of allylic oxidation sites excluding steroid dienone is 1. The molecule has 3 aromatic carbocycles. The van der Waals surface area contributed by atoms with Crippen molar-refractivity contribution in [3.05, 3.63) is 120 Å². The van der Waals surface area contributed by atoms with Gasteiger partial charge in [-0.15, -0.1) is 5.10 Å². The predicted molar refractivity (Wildman–Crippen MR) is 140 cm³/mol. The van der Waals surface area contributed by atoms with Gasteiger partial charge in [0.15, 0.2) is 5.75 Å². The number of nitriles is 1. The van der Waals surface area contributed by atoms with Crippen molar-refractivity contribution >= 4 is 28.8 Å². The summed E-state index contributed by atoms with van der Waals surface area (Å²) in [4.78, 5) is 25.9. The van der Waals surface area contributed by atoms with E-state index in [-0.39, 0.29) is 21.5 Å². The standard InChI is InChI=1S/C27H20Cl2N4O3/c1-3-7-20(17-8-5-4-6-9-17)21-14-19(11-10-16(21)2)36-25-22(28)12-18(13-23(25)29)33-27(35)31-26(34)24(15-30)32-33/h4-14H,3H2,1-2H3,(H,31,34,35)/b20-7-. The van der Waals surface area contributed by atoms with Gasteiger partial charge in [0.1, 0.15) is 11.8 Å². The van der Waals surface area contributed by atoms with Crippen molar-refractivity contribution in [2.45, 2.75) is 20.3 Å².